The van der Waals surface area contributed by atoms with E-state index >= 15 is 0 Å². The van der Waals surface area contributed by atoms with E-state index in [-0.39, 0.29) is 28.8 Å². The zero-order valence-electron chi connectivity index (χ0n) is 14.8. The average molecular weight is 366 g/mol. The first kappa shape index (κ1) is 18.2. The highest BCUT2D eigenvalue weighted by Crippen LogP contribution is 2.37. The van der Waals surface area contributed by atoms with E-state index in [0.717, 1.165) is 0 Å². The molecule has 3 rings (SSSR count). The van der Waals surface area contributed by atoms with Crippen molar-refractivity contribution in [1.29, 1.82) is 0 Å². The van der Waals surface area contributed by atoms with Crippen molar-refractivity contribution >= 4 is 22.6 Å². The molecule has 8 nitrogen and oxygen atoms in total. The molecule has 2 N–H and O–H groups in total. The number of hydrogen-bond donors (Lipinski definition) is 2. The molecule has 8 heteroatoms. The number of aromatic nitrogens is 2. The summed E-state index contributed by atoms with van der Waals surface area (Å²) in [5.74, 6) is -1.37. The van der Waals surface area contributed by atoms with Crippen LogP contribution in [0.3, 0.4) is 0 Å². The molecular weight excluding hydrogens is 348 g/mol. The van der Waals surface area contributed by atoms with E-state index in [0.29, 0.717) is 17.3 Å². The molecule has 2 aromatic heterocycles. The fraction of sp³-hybridized carbons (Fsp3) is 0.211. The summed E-state index contributed by atoms with van der Waals surface area (Å²) in [5, 5.41) is 28.3. The van der Waals surface area contributed by atoms with E-state index < -0.39 is 11.8 Å². The Hall–Kier alpha value is -3.55. The van der Waals surface area contributed by atoms with Gasteiger partial charge in [0.2, 0.25) is 11.8 Å². The van der Waals surface area contributed by atoms with Gasteiger partial charge < -0.3 is 10.2 Å². The summed E-state index contributed by atoms with van der Waals surface area (Å²) in [6.07, 6.45) is 2.88. The second kappa shape index (κ2) is 7.36. The Morgan fingerprint density at radius 1 is 0.963 bits per heavy atom. The summed E-state index contributed by atoms with van der Waals surface area (Å²) in [6.45, 7) is 4.34. The number of amides is 2. The van der Waals surface area contributed by atoms with Gasteiger partial charge in [-0.05, 0) is 36.2 Å². The third-order valence-electron chi connectivity index (χ3n) is 3.97. The topological polar surface area (TPSA) is 117 Å². The Bertz CT molecular complexity index is 1040. The molecule has 2 amide bonds. The molecule has 0 bridgehead atoms. The minimum atomic E-state index is -0.727. The molecule has 27 heavy (non-hydrogen) atoms. The number of aromatic hydroxyl groups is 2. The van der Waals surface area contributed by atoms with Gasteiger partial charge in [0.15, 0.2) is 0 Å². The van der Waals surface area contributed by atoms with Gasteiger partial charge in [-0.3, -0.25) is 19.1 Å². The number of carbonyl (C=O) groups is 2. The predicted octanol–water partition coefficient (Wildman–Crippen LogP) is 3.54. The molecule has 0 atom stereocenters. The maximum absolute atomic E-state index is 12.2. The number of hydrogen-bond acceptors (Lipinski definition) is 5. The molecule has 0 aliphatic carbocycles. The Balaban J connectivity index is 1.88. The van der Waals surface area contributed by atoms with Crippen molar-refractivity contribution in [2.45, 2.75) is 20.4 Å². The molecule has 0 saturated carbocycles. The smallest absolute Gasteiger partial charge is 0.295 e. The van der Waals surface area contributed by atoms with Crippen LogP contribution in [0.25, 0.3) is 10.8 Å². The first-order valence-electron chi connectivity index (χ1n) is 8.33. The first-order chi connectivity index (χ1) is 12.9. The van der Waals surface area contributed by atoms with Crippen LogP contribution in [0.1, 0.15) is 34.6 Å². The van der Waals surface area contributed by atoms with Gasteiger partial charge in [-0.2, -0.15) is 0 Å². The molecule has 0 aliphatic heterocycles. The van der Waals surface area contributed by atoms with Crippen LogP contribution in [0, 0.1) is 5.92 Å². The Morgan fingerprint density at radius 2 is 1.56 bits per heavy atom. The third kappa shape index (κ3) is 3.69. The lowest BCUT2D eigenvalue weighted by Gasteiger charge is -2.08. The van der Waals surface area contributed by atoms with Crippen molar-refractivity contribution in [1.82, 2.24) is 9.55 Å². The Labute approximate surface area is 154 Å². The molecule has 0 saturated heterocycles. The highest BCUT2D eigenvalue weighted by molar-refractivity contribution is 6.03. The van der Waals surface area contributed by atoms with E-state index in [9.17, 15) is 19.8 Å². The van der Waals surface area contributed by atoms with E-state index in [1.807, 2.05) is 13.8 Å². The number of rotatable bonds is 4. The van der Waals surface area contributed by atoms with Crippen LogP contribution >= 0.6 is 0 Å². The van der Waals surface area contributed by atoms with E-state index in [4.69, 9.17) is 0 Å². The van der Waals surface area contributed by atoms with E-state index in [1.165, 1.54) is 47.3 Å². The second-order valence-corrected chi connectivity index (χ2v) is 6.46. The lowest BCUT2D eigenvalue weighted by molar-refractivity contribution is 0.0947. The molecule has 0 unspecified atom stereocenters. The highest BCUT2D eigenvalue weighted by atomic mass is 16.3. The monoisotopic (exact) mass is 366 g/mol. The molecule has 0 fully saturated rings. The second-order valence-electron chi connectivity index (χ2n) is 6.46. The van der Waals surface area contributed by atoms with Crippen LogP contribution in [0.2, 0.25) is 0 Å². The molecule has 0 radical (unpaired) electrons. The summed E-state index contributed by atoms with van der Waals surface area (Å²) in [5.41, 5.74) is 0.413. The minimum absolute atomic E-state index is 0.0651. The third-order valence-corrected chi connectivity index (χ3v) is 3.97. The minimum Gasteiger partial charge on any atom is -0.494 e. The quantitative estimate of drug-likeness (QED) is 0.685. The highest BCUT2D eigenvalue weighted by Gasteiger charge is 2.18. The molecule has 2 heterocycles. The predicted molar refractivity (Wildman–Crippen MR) is 97.9 cm³/mol. The van der Waals surface area contributed by atoms with Crippen LogP contribution in [0.5, 0.6) is 11.8 Å². The number of carbonyl (C=O) groups excluding carboxylic acids is 2. The van der Waals surface area contributed by atoms with Gasteiger partial charge in [0.05, 0.1) is 0 Å². The molecule has 1 aromatic carbocycles. The number of pyridine rings is 1. The van der Waals surface area contributed by atoms with Gasteiger partial charge >= 0.3 is 0 Å². The zero-order valence-corrected chi connectivity index (χ0v) is 14.8. The van der Waals surface area contributed by atoms with Gasteiger partial charge in [0.1, 0.15) is 0 Å². The SMILES string of the molecule is CC(C)Cn1c(O)c2ccc(C(=O)N=NC(=O)c3ccncc3)cc2c1O. The van der Waals surface area contributed by atoms with E-state index in [2.05, 4.69) is 15.2 Å². The van der Waals surface area contributed by atoms with Crippen molar-refractivity contribution in [3.63, 3.8) is 0 Å². The van der Waals surface area contributed by atoms with E-state index in [1.54, 1.807) is 0 Å². The summed E-state index contributed by atoms with van der Waals surface area (Å²) in [4.78, 5) is 27.9. The standard InChI is InChI=1S/C19H18N4O4/c1-11(2)10-23-18(26)14-4-3-13(9-15(14)19(23)27)17(25)22-21-16(24)12-5-7-20-8-6-12/h3-9,11,26-27H,10H2,1-2H3. The fourth-order valence-corrected chi connectivity index (χ4v) is 2.69. The van der Waals surface area contributed by atoms with Crippen LogP contribution in [0.15, 0.2) is 53.0 Å². The maximum atomic E-state index is 12.2. The van der Waals surface area contributed by atoms with Gasteiger partial charge in [-0.1, -0.05) is 13.8 Å². The largest absolute Gasteiger partial charge is 0.494 e. The Morgan fingerprint density at radius 3 is 2.19 bits per heavy atom. The van der Waals surface area contributed by atoms with Crippen molar-refractivity contribution in [2.75, 3.05) is 0 Å². The summed E-state index contributed by atoms with van der Waals surface area (Å²) in [6, 6.07) is 7.33. The molecule has 0 spiro atoms. The maximum Gasteiger partial charge on any atom is 0.295 e. The first-order valence-corrected chi connectivity index (χ1v) is 8.33. The Kier molecular flexibility index (Phi) is 4.98. The van der Waals surface area contributed by atoms with Crippen molar-refractivity contribution in [2.24, 2.45) is 16.1 Å². The molecule has 0 aliphatic rings. The van der Waals surface area contributed by atoms with Crippen LogP contribution in [-0.2, 0) is 6.54 Å². The van der Waals surface area contributed by atoms with Gasteiger partial charge in [-0.15, -0.1) is 10.2 Å². The fourth-order valence-electron chi connectivity index (χ4n) is 2.69. The van der Waals surface area contributed by atoms with Crippen molar-refractivity contribution in [3.05, 3.63) is 53.9 Å². The van der Waals surface area contributed by atoms with Crippen molar-refractivity contribution in [3.8, 4) is 11.8 Å². The molecule has 3 aromatic rings. The summed E-state index contributed by atoms with van der Waals surface area (Å²) in [7, 11) is 0. The normalized spacial score (nSPS) is 11.5. The van der Waals surface area contributed by atoms with Crippen LogP contribution in [0.4, 0.5) is 0 Å². The van der Waals surface area contributed by atoms with Crippen LogP contribution < -0.4 is 0 Å². The van der Waals surface area contributed by atoms with Crippen molar-refractivity contribution < 1.29 is 19.8 Å². The summed E-state index contributed by atoms with van der Waals surface area (Å²) < 4.78 is 1.39. The van der Waals surface area contributed by atoms with Crippen LogP contribution in [-0.4, -0.2) is 31.6 Å². The number of benzene rings is 1. The lowest BCUT2D eigenvalue weighted by atomic mass is 10.1. The number of azo groups is 1. The zero-order chi connectivity index (χ0) is 19.6. The molecule has 138 valence electrons. The lowest BCUT2D eigenvalue weighted by Crippen LogP contribution is -2.02. The average Bonchev–Trinajstić information content (AvgIpc) is 2.90. The summed E-state index contributed by atoms with van der Waals surface area (Å²) >= 11 is 0. The molecular formula is C19H18N4O4. The van der Waals surface area contributed by atoms with Gasteiger partial charge in [0.25, 0.3) is 11.8 Å². The number of fused-ring (bicyclic) bond motifs is 1. The van der Waals surface area contributed by atoms with Gasteiger partial charge in [0, 0.05) is 40.8 Å². The van der Waals surface area contributed by atoms with Gasteiger partial charge in [-0.25, -0.2) is 0 Å². The number of nitrogens with zero attached hydrogens (tertiary/aromatic N) is 4.